The lowest BCUT2D eigenvalue weighted by Crippen LogP contribution is -2.11. The maximum absolute atomic E-state index is 12.5. The fourth-order valence-electron chi connectivity index (χ4n) is 1.41. The van der Waals surface area contributed by atoms with Crippen LogP contribution in [0.3, 0.4) is 0 Å². The zero-order chi connectivity index (χ0) is 15.7. The van der Waals surface area contributed by atoms with Gasteiger partial charge in [0.25, 0.3) is 0 Å². The molecule has 9 heteroatoms. The van der Waals surface area contributed by atoms with E-state index in [9.17, 15) is 21.6 Å². The van der Waals surface area contributed by atoms with Gasteiger partial charge in [0.05, 0.1) is 11.8 Å². The molecule has 4 nitrogen and oxygen atoms in total. The molecule has 0 atom stereocenters. The lowest BCUT2D eigenvalue weighted by atomic mass is 10.2. The van der Waals surface area contributed by atoms with Crippen LogP contribution in [-0.2, 0) is 16.3 Å². The number of nitrogens with zero attached hydrogens (tertiary/aromatic N) is 1. The summed E-state index contributed by atoms with van der Waals surface area (Å²) in [5.41, 5.74) is -1.01. The van der Waals surface area contributed by atoms with Crippen molar-refractivity contribution in [3.05, 3.63) is 53.3 Å². The van der Waals surface area contributed by atoms with Gasteiger partial charge in [-0.25, -0.2) is 4.98 Å². The van der Waals surface area contributed by atoms with Crippen molar-refractivity contribution in [2.75, 3.05) is 0 Å². The minimum atomic E-state index is -4.59. The van der Waals surface area contributed by atoms with Crippen LogP contribution in [0.25, 0.3) is 0 Å². The SMILES string of the molecule is O=S(=O)(Oc1cccc(C(F)(F)F)c1)c1ccc(Cl)nc1. The van der Waals surface area contributed by atoms with Gasteiger partial charge in [0.15, 0.2) is 0 Å². The average Bonchev–Trinajstić information content (AvgIpc) is 2.38. The highest BCUT2D eigenvalue weighted by Crippen LogP contribution is 2.32. The van der Waals surface area contributed by atoms with Crippen molar-refractivity contribution in [3.63, 3.8) is 0 Å². The zero-order valence-electron chi connectivity index (χ0n) is 10.1. The fourth-order valence-corrected chi connectivity index (χ4v) is 2.39. The zero-order valence-corrected chi connectivity index (χ0v) is 11.7. The molecule has 21 heavy (non-hydrogen) atoms. The van der Waals surface area contributed by atoms with E-state index in [2.05, 4.69) is 9.17 Å². The number of hydrogen-bond donors (Lipinski definition) is 0. The van der Waals surface area contributed by atoms with E-state index in [1.54, 1.807) is 0 Å². The molecule has 1 aromatic carbocycles. The summed E-state index contributed by atoms with van der Waals surface area (Å²) in [7, 11) is -4.28. The summed E-state index contributed by atoms with van der Waals surface area (Å²) >= 11 is 5.52. The molecule has 0 radical (unpaired) electrons. The van der Waals surface area contributed by atoms with Crippen molar-refractivity contribution in [3.8, 4) is 5.75 Å². The highest BCUT2D eigenvalue weighted by molar-refractivity contribution is 7.87. The Bertz CT molecular complexity index is 745. The Kier molecular flexibility index (Phi) is 4.11. The lowest BCUT2D eigenvalue weighted by molar-refractivity contribution is -0.137. The molecule has 112 valence electrons. The summed E-state index contributed by atoms with van der Waals surface area (Å²) in [6, 6.07) is 5.93. The van der Waals surface area contributed by atoms with Gasteiger partial charge in [-0.05, 0) is 30.3 Å². The summed E-state index contributed by atoms with van der Waals surface area (Å²) < 4.78 is 66.0. The Balaban J connectivity index is 2.31. The normalized spacial score (nSPS) is 12.2. The monoisotopic (exact) mass is 337 g/mol. The van der Waals surface area contributed by atoms with Crippen molar-refractivity contribution >= 4 is 21.7 Å². The van der Waals surface area contributed by atoms with E-state index >= 15 is 0 Å². The van der Waals surface area contributed by atoms with Crippen LogP contribution in [0.15, 0.2) is 47.5 Å². The first kappa shape index (κ1) is 15.6. The highest BCUT2D eigenvalue weighted by atomic mass is 35.5. The van der Waals surface area contributed by atoms with Gasteiger partial charge in [-0.1, -0.05) is 17.7 Å². The molecule has 2 aromatic rings. The molecule has 0 saturated carbocycles. The number of halogens is 4. The largest absolute Gasteiger partial charge is 0.416 e. The fraction of sp³-hybridized carbons (Fsp3) is 0.0833. The number of aromatic nitrogens is 1. The maximum atomic E-state index is 12.5. The molecule has 1 heterocycles. The third-order valence-corrected chi connectivity index (χ3v) is 3.81. The van der Waals surface area contributed by atoms with Crippen LogP contribution in [0.1, 0.15) is 5.56 Å². The second-order valence-corrected chi connectivity index (χ2v) is 5.81. The van der Waals surface area contributed by atoms with Gasteiger partial charge in [-0.15, -0.1) is 0 Å². The topological polar surface area (TPSA) is 56.3 Å². The van der Waals surface area contributed by atoms with Crippen molar-refractivity contribution < 1.29 is 25.8 Å². The van der Waals surface area contributed by atoms with Gasteiger partial charge < -0.3 is 4.18 Å². The van der Waals surface area contributed by atoms with Gasteiger partial charge in [-0.3, -0.25) is 0 Å². The third kappa shape index (κ3) is 3.85. The van der Waals surface area contributed by atoms with E-state index in [1.165, 1.54) is 6.07 Å². The summed E-state index contributed by atoms with van der Waals surface area (Å²) in [6.45, 7) is 0. The summed E-state index contributed by atoms with van der Waals surface area (Å²) in [6.07, 6.45) is -3.64. The molecule has 0 N–H and O–H groups in total. The predicted molar refractivity (Wildman–Crippen MR) is 68.5 cm³/mol. The standard InChI is InChI=1S/C12H7ClF3NO3S/c13-11-5-4-10(7-17-11)21(18,19)20-9-3-1-2-8(6-9)12(14,15)16/h1-7H. The van der Waals surface area contributed by atoms with Gasteiger partial charge in [-0.2, -0.15) is 21.6 Å². The quantitative estimate of drug-likeness (QED) is 0.635. The molecule has 0 saturated heterocycles. The van der Waals surface area contributed by atoms with Gasteiger partial charge in [0.1, 0.15) is 15.8 Å². The molecule has 0 fully saturated rings. The van der Waals surface area contributed by atoms with E-state index in [4.69, 9.17) is 11.6 Å². The molecule has 0 aliphatic rings. The molecule has 0 aliphatic carbocycles. The first-order valence-electron chi connectivity index (χ1n) is 5.42. The van der Waals surface area contributed by atoms with Crippen molar-refractivity contribution in [1.29, 1.82) is 0 Å². The van der Waals surface area contributed by atoms with Gasteiger partial charge in [0.2, 0.25) is 0 Å². The average molecular weight is 338 g/mol. The van der Waals surface area contributed by atoms with Crippen LogP contribution < -0.4 is 4.18 Å². The number of hydrogen-bond acceptors (Lipinski definition) is 4. The number of alkyl halides is 3. The molecule has 1 aromatic heterocycles. The first-order chi connectivity index (χ1) is 9.68. The minimum Gasteiger partial charge on any atom is -0.379 e. The number of benzene rings is 1. The Labute approximate surface area is 123 Å². The van der Waals surface area contributed by atoms with Crippen LogP contribution >= 0.6 is 11.6 Å². The van der Waals surface area contributed by atoms with Crippen molar-refractivity contribution in [2.24, 2.45) is 0 Å². The van der Waals surface area contributed by atoms with Crippen LogP contribution in [0, 0.1) is 0 Å². The highest BCUT2D eigenvalue weighted by Gasteiger charge is 2.31. The van der Waals surface area contributed by atoms with Crippen LogP contribution in [0.4, 0.5) is 13.2 Å². The van der Waals surface area contributed by atoms with Crippen LogP contribution in [0.2, 0.25) is 5.15 Å². The Morgan fingerprint density at radius 1 is 1.14 bits per heavy atom. The van der Waals surface area contributed by atoms with Crippen molar-refractivity contribution in [2.45, 2.75) is 11.1 Å². The molecule has 0 unspecified atom stereocenters. The molecular weight excluding hydrogens is 331 g/mol. The maximum Gasteiger partial charge on any atom is 0.416 e. The smallest absolute Gasteiger partial charge is 0.379 e. The van der Waals surface area contributed by atoms with E-state index in [-0.39, 0.29) is 10.0 Å². The lowest BCUT2D eigenvalue weighted by Gasteiger charge is -2.10. The molecule has 2 rings (SSSR count). The van der Waals surface area contributed by atoms with Crippen molar-refractivity contribution in [1.82, 2.24) is 4.98 Å². The van der Waals surface area contributed by atoms with Gasteiger partial charge in [0, 0.05) is 0 Å². The third-order valence-electron chi connectivity index (χ3n) is 2.36. The molecule has 0 amide bonds. The van der Waals surface area contributed by atoms with E-state index < -0.39 is 27.6 Å². The molecule has 0 spiro atoms. The Morgan fingerprint density at radius 3 is 2.43 bits per heavy atom. The Morgan fingerprint density at radius 2 is 1.86 bits per heavy atom. The van der Waals surface area contributed by atoms with E-state index in [1.807, 2.05) is 0 Å². The molecule has 0 bridgehead atoms. The number of rotatable bonds is 3. The number of pyridine rings is 1. The van der Waals surface area contributed by atoms with Crippen LogP contribution in [-0.4, -0.2) is 13.4 Å². The predicted octanol–water partition coefficient (Wildman–Crippen LogP) is 3.52. The Hall–Kier alpha value is -1.80. The first-order valence-corrected chi connectivity index (χ1v) is 7.20. The van der Waals surface area contributed by atoms with Gasteiger partial charge >= 0.3 is 16.3 Å². The second-order valence-electron chi connectivity index (χ2n) is 3.88. The summed E-state index contributed by atoms with van der Waals surface area (Å²) in [5, 5.41) is 0.0769. The molecular formula is C12H7ClF3NO3S. The van der Waals surface area contributed by atoms with E-state index in [0.29, 0.717) is 6.07 Å². The summed E-state index contributed by atoms with van der Waals surface area (Å²) in [5.74, 6) is -0.445. The van der Waals surface area contributed by atoms with E-state index in [0.717, 1.165) is 30.5 Å². The summed E-state index contributed by atoms with van der Waals surface area (Å²) in [4.78, 5) is 3.25. The minimum absolute atomic E-state index is 0.0769. The van der Waals surface area contributed by atoms with Crippen LogP contribution in [0.5, 0.6) is 5.75 Å². The second kappa shape index (κ2) is 5.53. The molecule has 0 aliphatic heterocycles.